The van der Waals surface area contributed by atoms with Gasteiger partial charge < -0.3 is 24.6 Å². The van der Waals surface area contributed by atoms with Crippen LogP contribution in [0.3, 0.4) is 0 Å². The second-order valence-corrected chi connectivity index (χ2v) is 8.33. The molecule has 0 aromatic heterocycles. The Kier molecular flexibility index (Phi) is 8.35. The standard InChI is InChI=1S/C28H31N3O4/c1-2-30-16-18-31(19-17-30)24-14-12-23(13-15-24)29-27(32)20-35-28(33)21-34-26-11-7-6-10-25(26)22-8-4-3-5-9-22/h3-15H,2,16-21H2,1H3,(H,29,32). The van der Waals surface area contributed by atoms with Gasteiger partial charge in [0.1, 0.15) is 5.75 Å². The third-order valence-electron chi connectivity index (χ3n) is 6.02. The molecule has 0 spiro atoms. The van der Waals surface area contributed by atoms with Crippen LogP contribution in [0.2, 0.25) is 0 Å². The van der Waals surface area contributed by atoms with Crippen molar-refractivity contribution in [2.24, 2.45) is 0 Å². The van der Waals surface area contributed by atoms with E-state index < -0.39 is 11.9 Å². The first-order valence-electron chi connectivity index (χ1n) is 11.9. The molecule has 4 rings (SSSR count). The van der Waals surface area contributed by atoms with E-state index in [-0.39, 0.29) is 13.2 Å². The van der Waals surface area contributed by atoms with Crippen LogP contribution in [-0.4, -0.2) is 62.7 Å². The van der Waals surface area contributed by atoms with E-state index in [0.717, 1.165) is 49.5 Å². The normalized spacial score (nSPS) is 13.8. The maximum absolute atomic E-state index is 12.2. The van der Waals surface area contributed by atoms with Gasteiger partial charge in [0.15, 0.2) is 13.2 Å². The molecule has 1 N–H and O–H groups in total. The zero-order chi connectivity index (χ0) is 24.5. The third kappa shape index (κ3) is 6.83. The fourth-order valence-corrected chi connectivity index (χ4v) is 4.05. The Morgan fingerprint density at radius 3 is 2.23 bits per heavy atom. The van der Waals surface area contributed by atoms with Crippen molar-refractivity contribution < 1.29 is 19.1 Å². The molecule has 1 aliphatic heterocycles. The van der Waals surface area contributed by atoms with Crippen LogP contribution in [0, 0.1) is 0 Å². The first kappa shape index (κ1) is 24.3. The molecule has 0 unspecified atom stereocenters. The Hall–Kier alpha value is -3.84. The third-order valence-corrected chi connectivity index (χ3v) is 6.02. The highest BCUT2D eigenvalue weighted by Crippen LogP contribution is 2.29. The maximum Gasteiger partial charge on any atom is 0.344 e. The topological polar surface area (TPSA) is 71.1 Å². The number of carbonyl (C=O) groups excluding carboxylic acids is 2. The number of anilines is 2. The van der Waals surface area contributed by atoms with Crippen LogP contribution in [0.15, 0.2) is 78.9 Å². The van der Waals surface area contributed by atoms with E-state index in [2.05, 4.69) is 22.0 Å². The van der Waals surface area contributed by atoms with Gasteiger partial charge in [0.2, 0.25) is 0 Å². The van der Waals surface area contributed by atoms with Crippen molar-refractivity contribution in [3.63, 3.8) is 0 Å². The predicted molar refractivity (Wildman–Crippen MR) is 138 cm³/mol. The van der Waals surface area contributed by atoms with Crippen molar-refractivity contribution in [3.05, 3.63) is 78.9 Å². The number of esters is 1. The van der Waals surface area contributed by atoms with E-state index in [9.17, 15) is 9.59 Å². The number of carbonyl (C=O) groups is 2. The van der Waals surface area contributed by atoms with E-state index >= 15 is 0 Å². The van der Waals surface area contributed by atoms with Gasteiger partial charge in [0, 0.05) is 43.1 Å². The number of likely N-dealkylation sites (N-methyl/N-ethyl adjacent to an activating group) is 1. The number of para-hydroxylation sites is 1. The molecular weight excluding hydrogens is 442 g/mol. The summed E-state index contributed by atoms with van der Waals surface area (Å²) in [5.74, 6) is -0.423. The molecule has 35 heavy (non-hydrogen) atoms. The van der Waals surface area contributed by atoms with E-state index in [1.807, 2.05) is 72.8 Å². The molecule has 0 aliphatic carbocycles. The van der Waals surface area contributed by atoms with Crippen LogP contribution in [0.25, 0.3) is 11.1 Å². The van der Waals surface area contributed by atoms with E-state index in [1.165, 1.54) is 0 Å². The van der Waals surface area contributed by atoms with E-state index in [0.29, 0.717) is 11.4 Å². The maximum atomic E-state index is 12.2. The van der Waals surface area contributed by atoms with Crippen molar-refractivity contribution >= 4 is 23.3 Å². The van der Waals surface area contributed by atoms with Gasteiger partial charge in [-0.3, -0.25) is 4.79 Å². The molecule has 1 heterocycles. The number of hydrogen-bond acceptors (Lipinski definition) is 6. The molecule has 7 heteroatoms. The Morgan fingerprint density at radius 1 is 0.829 bits per heavy atom. The van der Waals surface area contributed by atoms with Crippen LogP contribution in [0.1, 0.15) is 6.92 Å². The van der Waals surface area contributed by atoms with Gasteiger partial charge in [0.05, 0.1) is 0 Å². The van der Waals surface area contributed by atoms with Crippen molar-refractivity contribution in [2.45, 2.75) is 6.92 Å². The molecule has 3 aromatic carbocycles. The van der Waals surface area contributed by atoms with Gasteiger partial charge in [-0.1, -0.05) is 55.5 Å². The number of piperazine rings is 1. The van der Waals surface area contributed by atoms with Gasteiger partial charge in [-0.25, -0.2) is 4.79 Å². The fourth-order valence-electron chi connectivity index (χ4n) is 4.05. The van der Waals surface area contributed by atoms with E-state index in [4.69, 9.17) is 9.47 Å². The lowest BCUT2D eigenvalue weighted by atomic mass is 10.1. The second kappa shape index (κ2) is 12.0. The monoisotopic (exact) mass is 473 g/mol. The van der Waals surface area contributed by atoms with Gasteiger partial charge >= 0.3 is 5.97 Å². The van der Waals surface area contributed by atoms with E-state index in [1.54, 1.807) is 6.07 Å². The summed E-state index contributed by atoms with van der Waals surface area (Å²) in [6.07, 6.45) is 0. The van der Waals surface area contributed by atoms with Crippen molar-refractivity contribution in [3.8, 4) is 16.9 Å². The summed E-state index contributed by atoms with van der Waals surface area (Å²) in [6, 6.07) is 25.0. The van der Waals surface area contributed by atoms with Gasteiger partial charge in [-0.05, 0) is 42.4 Å². The van der Waals surface area contributed by atoms with Crippen molar-refractivity contribution in [1.29, 1.82) is 0 Å². The summed E-state index contributed by atoms with van der Waals surface area (Å²) in [5, 5.41) is 2.76. The van der Waals surface area contributed by atoms with Crippen LogP contribution >= 0.6 is 0 Å². The molecule has 1 aliphatic rings. The van der Waals surface area contributed by atoms with Gasteiger partial charge in [-0.2, -0.15) is 0 Å². The summed E-state index contributed by atoms with van der Waals surface area (Å²) in [5.41, 5.74) is 3.67. The molecule has 1 fully saturated rings. The summed E-state index contributed by atoms with van der Waals surface area (Å²) in [7, 11) is 0. The molecule has 0 atom stereocenters. The lowest BCUT2D eigenvalue weighted by molar-refractivity contribution is -0.149. The largest absolute Gasteiger partial charge is 0.481 e. The number of amides is 1. The first-order chi connectivity index (χ1) is 17.1. The fraction of sp³-hybridized carbons (Fsp3) is 0.286. The smallest absolute Gasteiger partial charge is 0.344 e. The highest BCUT2D eigenvalue weighted by atomic mass is 16.6. The highest BCUT2D eigenvalue weighted by Gasteiger charge is 2.16. The second-order valence-electron chi connectivity index (χ2n) is 8.33. The molecule has 7 nitrogen and oxygen atoms in total. The minimum atomic E-state index is -0.607. The summed E-state index contributed by atoms with van der Waals surface area (Å²) in [4.78, 5) is 29.2. The number of benzene rings is 3. The Labute approximate surface area is 206 Å². The van der Waals surface area contributed by atoms with Crippen molar-refractivity contribution in [2.75, 3.05) is 56.2 Å². The van der Waals surface area contributed by atoms with Crippen LogP contribution in [-0.2, 0) is 14.3 Å². The molecule has 0 saturated carbocycles. The lowest BCUT2D eigenvalue weighted by Gasteiger charge is -2.35. The van der Waals surface area contributed by atoms with Crippen molar-refractivity contribution in [1.82, 2.24) is 4.90 Å². The summed E-state index contributed by atoms with van der Waals surface area (Å²) >= 11 is 0. The summed E-state index contributed by atoms with van der Waals surface area (Å²) < 4.78 is 10.8. The number of rotatable bonds is 9. The number of ether oxygens (including phenoxy) is 2. The molecule has 1 saturated heterocycles. The predicted octanol–water partition coefficient (Wildman–Crippen LogP) is 4.06. The minimum Gasteiger partial charge on any atom is -0.481 e. The molecule has 1 amide bonds. The van der Waals surface area contributed by atoms with Crippen LogP contribution in [0.4, 0.5) is 11.4 Å². The van der Waals surface area contributed by atoms with Crippen LogP contribution in [0.5, 0.6) is 5.75 Å². The van der Waals surface area contributed by atoms with Gasteiger partial charge in [-0.15, -0.1) is 0 Å². The Morgan fingerprint density at radius 2 is 1.51 bits per heavy atom. The molecular formula is C28H31N3O4. The molecule has 0 radical (unpaired) electrons. The highest BCUT2D eigenvalue weighted by molar-refractivity contribution is 5.93. The number of hydrogen-bond donors (Lipinski definition) is 1. The Bertz CT molecular complexity index is 1110. The molecule has 182 valence electrons. The molecule has 0 bridgehead atoms. The molecule has 3 aromatic rings. The number of nitrogens with one attached hydrogen (secondary N) is 1. The quantitative estimate of drug-likeness (QED) is 0.473. The zero-order valence-electron chi connectivity index (χ0n) is 20.0. The van der Waals surface area contributed by atoms with Crippen LogP contribution < -0.4 is 15.0 Å². The average Bonchev–Trinajstić information content (AvgIpc) is 2.92. The Balaban J connectivity index is 1.21. The SMILES string of the molecule is CCN1CCN(c2ccc(NC(=O)COC(=O)COc3ccccc3-c3ccccc3)cc2)CC1. The lowest BCUT2D eigenvalue weighted by Crippen LogP contribution is -2.46. The van der Waals surface area contributed by atoms with Gasteiger partial charge in [0.25, 0.3) is 5.91 Å². The zero-order valence-corrected chi connectivity index (χ0v) is 20.0. The number of nitrogens with zero attached hydrogens (tertiary/aromatic N) is 2. The minimum absolute atomic E-state index is 0.281. The first-order valence-corrected chi connectivity index (χ1v) is 11.9. The average molecular weight is 474 g/mol. The summed E-state index contributed by atoms with van der Waals surface area (Å²) in [6.45, 7) is 6.71.